The van der Waals surface area contributed by atoms with Crippen LogP contribution in [0.2, 0.25) is 0 Å². The number of ketones is 1. The molecule has 2 rings (SSSR count). The van der Waals surface area contributed by atoms with Crippen molar-refractivity contribution in [2.24, 2.45) is 0 Å². The van der Waals surface area contributed by atoms with E-state index in [1.54, 1.807) is 6.20 Å². The number of thioether (sulfide) groups is 1. The summed E-state index contributed by atoms with van der Waals surface area (Å²) in [7, 11) is 0. The van der Waals surface area contributed by atoms with E-state index in [4.69, 9.17) is 0 Å². The summed E-state index contributed by atoms with van der Waals surface area (Å²) in [5.74, 6) is -0.267. The molecule has 0 fully saturated rings. The summed E-state index contributed by atoms with van der Waals surface area (Å²) in [6.45, 7) is 1.35. The van der Waals surface area contributed by atoms with Gasteiger partial charge in [0.05, 0.1) is 5.56 Å². The van der Waals surface area contributed by atoms with Crippen LogP contribution in [-0.4, -0.2) is 27.0 Å². The number of nitrogens with one attached hydrogen (secondary N) is 1. The number of Topliss-reactive ketones (excluding diaryl/α,β-unsaturated/α-hetero) is 1. The number of aromatic nitrogens is 3. The number of rotatable bonds is 2. The maximum Gasteiger partial charge on any atom is 0.260 e. The van der Waals surface area contributed by atoms with Crippen LogP contribution >= 0.6 is 11.8 Å². The predicted octanol–water partition coefficient (Wildman–Crippen LogP) is 1.24. The number of pyridine rings is 1. The molecular formula is C10H9N3O2S. The first-order valence-corrected chi connectivity index (χ1v) is 5.79. The minimum Gasteiger partial charge on any atom is -0.306 e. The number of fused-ring (bicyclic) bond motifs is 1. The zero-order valence-corrected chi connectivity index (χ0v) is 9.59. The van der Waals surface area contributed by atoms with Crippen molar-refractivity contribution in [1.82, 2.24) is 15.0 Å². The van der Waals surface area contributed by atoms with Crippen LogP contribution in [0, 0.1) is 0 Å². The van der Waals surface area contributed by atoms with E-state index < -0.39 is 5.56 Å². The maximum absolute atomic E-state index is 11.5. The summed E-state index contributed by atoms with van der Waals surface area (Å²) < 4.78 is 0. The third-order valence-electron chi connectivity index (χ3n) is 2.13. The lowest BCUT2D eigenvalue weighted by Crippen LogP contribution is -2.16. The Morgan fingerprint density at radius 2 is 2.25 bits per heavy atom. The van der Waals surface area contributed by atoms with E-state index in [2.05, 4.69) is 15.0 Å². The molecule has 0 amide bonds. The molecule has 0 radical (unpaired) electrons. The molecule has 0 spiro atoms. The molecule has 82 valence electrons. The minimum atomic E-state index is -0.411. The van der Waals surface area contributed by atoms with E-state index in [-0.39, 0.29) is 11.3 Å². The molecule has 0 atom stereocenters. The second-order valence-corrected chi connectivity index (χ2v) is 4.00. The monoisotopic (exact) mass is 235 g/mol. The molecule has 0 bridgehead atoms. The molecule has 2 aromatic heterocycles. The second-order valence-electron chi connectivity index (χ2n) is 3.23. The van der Waals surface area contributed by atoms with Gasteiger partial charge in [0.15, 0.2) is 10.9 Å². The Balaban J connectivity index is 2.74. The van der Waals surface area contributed by atoms with Crippen molar-refractivity contribution in [3.8, 4) is 0 Å². The lowest BCUT2D eigenvalue weighted by molar-refractivity contribution is 0.101. The van der Waals surface area contributed by atoms with Gasteiger partial charge in [-0.1, -0.05) is 11.8 Å². The molecule has 0 aliphatic carbocycles. The van der Waals surface area contributed by atoms with Crippen molar-refractivity contribution in [2.75, 3.05) is 6.26 Å². The van der Waals surface area contributed by atoms with Gasteiger partial charge in [-0.2, -0.15) is 0 Å². The SMILES string of the molecule is CSc1ncc2cc(C(C)=O)c(=O)[nH]c2n1. The smallest absolute Gasteiger partial charge is 0.260 e. The maximum atomic E-state index is 11.5. The summed E-state index contributed by atoms with van der Waals surface area (Å²) in [5.41, 5.74) is 0.174. The van der Waals surface area contributed by atoms with E-state index in [9.17, 15) is 9.59 Å². The van der Waals surface area contributed by atoms with E-state index in [1.807, 2.05) is 6.26 Å². The van der Waals surface area contributed by atoms with Gasteiger partial charge in [-0.25, -0.2) is 9.97 Å². The molecule has 1 N–H and O–H groups in total. The van der Waals surface area contributed by atoms with Gasteiger partial charge in [0.1, 0.15) is 5.65 Å². The summed E-state index contributed by atoms with van der Waals surface area (Å²) in [6, 6.07) is 1.51. The number of hydrogen-bond donors (Lipinski definition) is 1. The normalized spacial score (nSPS) is 10.6. The Labute approximate surface area is 95.3 Å². The Morgan fingerprint density at radius 3 is 2.88 bits per heavy atom. The van der Waals surface area contributed by atoms with Gasteiger partial charge < -0.3 is 4.98 Å². The molecule has 2 heterocycles. The van der Waals surface area contributed by atoms with E-state index in [0.29, 0.717) is 16.2 Å². The fraction of sp³-hybridized carbons (Fsp3) is 0.200. The van der Waals surface area contributed by atoms with Crippen LogP contribution < -0.4 is 5.56 Å². The van der Waals surface area contributed by atoms with Gasteiger partial charge in [-0.15, -0.1) is 0 Å². The summed E-state index contributed by atoms with van der Waals surface area (Å²) >= 11 is 1.39. The van der Waals surface area contributed by atoms with Crippen LogP contribution in [0.5, 0.6) is 0 Å². The Bertz CT molecular complexity index is 621. The molecule has 0 aliphatic rings. The van der Waals surface area contributed by atoms with E-state index in [1.165, 1.54) is 24.8 Å². The molecule has 0 saturated carbocycles. The quantitative estimate of drug-likeness (QED) is 0.481. The fourth-order valence-electron chi connectivity index (χ4n) is 1.34. The number of carbonyl (C=O) groups excluding carboxylic acids is 1. The van der Waals surface area contributed by atoms with Crippen LogP contribution in [0.4, 0.5) is 0 Å². The summed E-state index contributed by atoms with van der Waals surface area (Å²) in [6.07, 6.45) is 3.44. The van der Waals surface area contributed by atoms with Crippen LogP contribution in [0.3, 0.4) is 0 Å². The first-order chi connectivity index (χ1) is 7.61. The number of nitrogens with zero attached hydrogens (tertiary/aromatic N) is 2. The Kier molecular flexibility index (Phi) is 2.74. The molecular weight excluding hydrogens is 226 g/mol. The minimum absolute atomic E-state index is 0.132. The summed E-state index contributed by atoms with van der Waals surface area (Å²) in [5, 5.41) is 1.24. The first-order valence-electron chi connectivity index (χ1n) is 4.57. The number of aromatic amines is 1. The van der Waals surface area contributed by atoms with Gasteiger partial charge in [0.25, 0.3) is 5.56 Å². The van der Waals surface area contributed by atoms with Crippen LogP contribution in [0.1, 0.15) is 17.3 Å². The predicted molar refractivity (Wildman–Crippen MR) is 61.9 cm³/mol. The third-order valence-corrected chi connectivity index (χ3v) is 2.70. The third kappa shape index (κ3) is 1.83. The van der Waals surface area contributed by atoms with Crippen molar-refractivity contribution < 1.29 is 4.79 Å². The molecule has 0 aromatic carbocycles. The summed E-state index contributed by atoms with van der Waals surface area (Å²) in [4.78, 5) is 33.5. The standard InChI is InChI=1S/C10H9N3O2S/c1-5(14)7-3-6-4-11-10(16-2)13-8(6)12-9(7)15/h3-4H,1-2H3,(H,11,12,13,15). The largest absolute Gasteiger partial charge is 0.306 e. The molecule has 5 nitrogen and oxygen atoms in total. The zero-order chi connectivity index (χ0) is 11.7. The average molecular weight is 235 g/mol. The van der Waals surface area contributed by atoms with Gasteiger partial charge in [0.2, 0.25) is 0 Å². The number of carbonyl (C=O) groups is 1. The van der Waals surface area contributed by atoms with Crippen LogP contribution in [-0.2, 0) is 0 Å². The molecule has 0 unspecified atom stereocenters. The highest BCUT2D eigenvalue weighted by atomic mass is 32.2. The van der Waals surface area contributed by atoms with Crippen LogP contribution in [0.15, 0.2) is 22.2 Å². The molecule has 6 heteroatoms. The van der Waals surface area contributed by atoms with E-state index >= 15 is 0 Å². The first kappa shape index (κ1) is 10.8. The van der Waals surface area contributed by atoms with Crippen molar-refractivity contribution in [1.29, 1.82) is 0 Å². The van der Waals surface area contributed by atoms with Crippen molar-refractivity contribution in [3.63, 3.8) is 0 Å². The Hall–Kier alpha value is -1.69. The van der Waals surface area contributed by atoms with Gasteiger partial charge in [-0.05, 0) is 19.2 Å². The molecule has 0 saturated heterocycles. The number of hydrogen-bond acceptors (Lipinski definition) is 5. The lowest BCUT2D eigenvalue weighted by Gasteiger charge is -2.00. The van der Waals surface area contributed by atoms with Crippen LogP contribution in [0.25, 0.3) is 11.0 Å². The van der Waals surface area contributed by atoms with Gasteiger partial charge in [-0.3, -0.25) is 9.59 Å². The topological polar surface area (TPSA) is 75.7 Å². The highest BCUT2D eigenvalue weighted by Gasteiger charge is 2.08. The van der Waals surface area contributed by atoms with Crippen molar-refractivity contribution in [2.45, 2.75) is 12.1 Å². The average Bonchev–Trinajstić information content (AvgIpc) is 2.27. The molecule has 2 aromatic rings. The van der Waals surface area contributed by atoms with E-state index in [0.717, 1.165) is 0 Å². The fourth-order valence-corrected chi connectivity index (χ4v) is 1.68. The zero-order valence-electron chi connectivity index (χ0n) is 8.77. The molecule has 0 aliphatic heterocycles. The second kappa shape index (κ2) is 4.05. The molecule has 16 heavy (non-hydrogen) atoms. The highest BCUT2D eigenvalue weighted by molar-refractivity contribution is 7.98. The van der Waals surface area contributed by atoms with Crippen molar-refractivity contribution >= 4 is 28.6 Å². The van der Waals surface area contributed by atoms with Gasteiger partial charge in [0, 0.05) is 11.6 Å². The lowest BCUT2D eigenvalue weighted by atomic mass is 10.2. The highest BCUT2D eigenvalue weighted by Crippen LogP contribution is 2.13. The van der Waals surface area contributed by atoms with Gasteiger partial charge >= 0.3 is 0 Å². The van der Waals surface area contributed by atoms with Crippen molar-refractivity contribution in [3.05, 3.63) is 28.2 Å². The Morgan fingerprint density at radius 1 is 1.50 bits per heavy atom. The number of H-pyrrole nitrogens is 1.